The molecule has 2 unspecified atom stereocenters. The van der Waals surface area contributed by atoms with Crippen LogP contribution >= 0.6 is 0 Å². The van der Waals surface area contributed by atoms with E-state index < -0.39 is 17.9 Å². The number of hydrogen-bond donors (Lipinski definition) is 2. The quantitative estimate of drug-likeness (QED) is 0.862. The predicted molar refractivity (Wildman–Crippen MR) is 96.8 cm³/mol. The number of hydrogen-bond acceptors (Lipinski definition) is 4. The lowest BCUT2D eigenvalue weighted by Crippen LogP contribution is -2.48. The minimum absolute atomic E-state index is 0.218. The molecule has 1 aliphatic rings. The van der Waals surface area contributed by atoms with Crippen molar-refractivity contribution in [1.82, 2.24) is 10.3 Å². The molecule has 1 amide bonds. The molecule has 0 aliphatic carbocycles. The van der Waals surface area contributed by atoms with E-state index in [4.69, 9.17) is 4.74 Å². The van der Waals surface area contributed by atoms with Gasteiger partial charge >= 0.3 is 5.97 Å². The lowest BCUT2D eigenvalue weighted by atomic mass is 9.93. The van der Waals surface area contributed by atoms with Gasteiger partial charge in [0.2, 0.25) is 0 Å². The summed E-state index contributed by atoms with van der Waals surface area (Å²) in [6, 6.07) is 10.0. The van der Waals surface area contributed by atoms with E-state index in [0.29, 0.717) is 18.8 Å². The molecule has 1 aliphatic heterocycles. The Morgan fingerprint density at radius 3 is 2.77 bits per heavy atom. The number of pyridine rings is 1. The fraction of sp³-hybridized carbons (Fsp3) is 0.350. The van der Waals surface area contributed by atoms with Crippen LogP contribution in [0, 0.1) is 12.8 Å². The van der Waals surface area contributed by atoms with E-state index in [0.717, 1.165) is 29.7 Å². The van der Waals surface area contributed by atoms with E-state index in [-0.39, 0.29) is 5.92 Å². The monoisotopic (exact) mass is 354 g/mol. The second kappa shape index (κ2) is 8.10. The number of benzene rings is 1. The number of rotatable bonds is 5. The average Bonchev–Trinajstić information content (AvgIpc) is 2.67. The van der Waals surface area contributed by atoms with Crippen molar-refractivity contribution in [2.45, 2.75) is 25.8 Å². The Kier molecular flexibility index (Phi) is 5.63. The zero-order valence-corrected chi connectivity index (χ0v) is 14.6. The summed E-state index contributed by atoms with van der Waals surface area (Å²) in [6.45, 7) is 2.84. The number of carboxylic acid groups (broad SMARTS) is 1. The third-order valence-electron chi connectivity index (χ3n) is 4.74. The van der Waals surface area contributed by atoms with Crippen LogP contribution in [-0.4, -0.2) is 41.2 Å². The van der Waals surface area contributed by atoms with Gasteiger partial charge in [0, 0.05) is 29.8 Å². The van der Waals surface area contributed by atoms with Crippen LogP contribution in [0.15, 0.2) is 42.6 Å². The lowest BCUT2D eigenvalue weighted by Gasteiger charge is -2.28. The van der Waals surface area contributed by atoms with Crippen molar-refractivity contribution in [3.05, 3.63) is 53.7 Å². The molecule has 0 saturated carbocycles. The maximum absolute atomic E-state index is 12.8. The van der Waals surface area contributed by atoms with Crippen LogP contribution in [0.4, 0.5) is 0 Å². The molecular weight excluding hydrogens is 332 g/mol. The third-order valence-corrected chi connectivity index (χ3v) is 4.74. The first-order valence-electron chi connectivity index (χ1n) is 8.70. The number of carbonyl (C=O) groups excluding carboxylic acids is 1. The number of aliphatic carboxylic acids is 1. The number of carbonyl (C=O) groups is 2. The molecule has 6 heteroatoms. The highest BCUT2D eigenvalue weighted by molar-refractivity contribution is 5.99. The molecule has 2 heterocycles. The minimum atomic E-state index is -1.03. The molecule has 1 fully saturated rings. The standard InChI is InChI=1S/C20H22N2O4/c1-13-15(17-9-2-3-10-21-17)7-4-8-16(13)19(23)22-18(20(24)25)14-6-5-11-26-12-14/h2-4,7-10,14,18H,5-6,11-12H2,1H3,(H,22,23)(H,24,25). The number of carboxylic acids is 1. The smallest absolute Gasteiger partial charge is 0.326 e. The molecule has 26 heavy (non-hydrogen) atoms. The summed E-state index contributed by atoms with van der Waals surface area (Å²) >= 11 is 0. The normalized spacial score (nSPS) is 18.1. The van der Waals surface area contributed by atoms with E-state index >= 15 is 0 Å². The molecule has 0 bridgehead atoms. The lowest BCUT2D eigenvalue weighted by molar-refractivity contribution is -0.142. The highest BCUT2D eigenvalue weighted by Gasteiger charge is 2.32. The van der Waals surface area contributed by atoms with Crippen LogP contribution in [-0.2, 0) is 9.53 Å². The SMILES string of the molecule is Cc1c(C(=O)NC(C(=O)O)C2CCCOC2)cccc1-c1ccccn1. The summed E-state index contributed by atoms with van der Waals surface area (Å²) in [6.07, 6.45) is 3.23. The Morgan fingerprint density at radius 2 is 2.12 bits per heavy atom. The Morgan fingerprint density at radius 1 is 1.27 bits per heavy atom. The van der Waals surface area contributed by atoms with Gasteiger partial charge in [-0.15, -0.1) is 0 Å². The van der Waals surface area contributed by atoms with E-state index in [9.17, 15) is 14.7 Å². The zero-order chi connectivity index (χ0) is 18.5. The van der Waals surface area contributed by atoms with Gasteiger partial charge in [-0.05, 0) is 43.5 Å². The number of aromatic nitrogens is 1. The fourth-order valence-electron chi connectivity index (χ4n) is 3.31. The Balaban J connectivity index is 1.84. The first kappa shape index (κ1) is 18.1. The van der Waals surface area contributed by atoms with Crippen molar-refractivity contribution in [3.63, 3.8) is 0 Å². The van der Waals surface area contributed by atoms with Gasteiger partial charge in [-0.1, -0.05) is 18.2 Å². The van der Waals surface area contributed by atoms with Gasteiger partial charge < -0.3 is 15.2 Å². The van der Waals surface area contributed by atoms with E-state index in [2.05, 4.69) is 10.3 Å². The van der Waals surface area contributed by atoms with Crippen LogP contribution in [0.5, 0.6) is 0 Å². The number of ether oxygens (including phenoxy) is 1. The average molecular weight is 354 g/mol. The van der Waals surface area contributed by atoms with Gasteiger partial charge in [0.05, 0.1) is 12.3 Å². The first-order valence-corrected chi connectivity index (χ1v) is 8.70. The van der Waals surface area contributed by atoms with E-state index in [1.807, 2.05) is 31.2 Å². The highest BCUT2D eigenvalue weighted by Crippen LogP contribution is 2.24. The molecule has 1 aromatic heterocycles. The number of nitrogens with zero attached hydrogens (tertiary/aromatic N) is 1. The summed E-state index contributed by atoms with van der Waals surface area (Å²) < 4.78 is 5.38. The summed E-state index contributed by atoms with van der Waals surface area (Å²) in [5.74, 6) is -1.64. The first-order chi connectivity index (χ1) is 12.6. The van der Waals surface area contributed by atoms with Crippen LogP contribution in [0.25, 0.3) is 11.3 Å². The second-order valence-corrected chi connectivity index (χ2v) is 6.46. The molecule has 2 atom stereocenters. The van der Waals surface area contributed by atoms with E-state index in [1.165, 1.54) is 0 Å². The summed E-state index contributed by atoms with van der Waals surface area (Å²) in [5.41, 5.74) is 2.85. The van der Waals surface area contributed by atoms with Gasteiger partial charge in [0.25, 0.3) is 5.91 Å². The van der Waals surface area contributed by atoms with Gasteiger partial charge in [0.1, 0.15) is 6.04 Å². The fourth-order valence-corrected chi connectivity index (χ4v) is 3.31. The molecule has 6 nitrogen and oxygen atoms in total. The number of amides is 1. The number of nitrogens with one attached hydrogen (secondary N) is 1. The zero-order valence-electron chi connectivity index (χ0n) is 14.6. The van der Waals surface area contributed by atoms with Gasteiger partial charge in [-0.3, -0.25) is 9.78 Å². The van der Waals surface area contributed by atoms with Crippen molar-refractivity contribution in [3.8, 4) is 11.3 Å². The molecule has 0 spiro atoms. The van der Waals surface area contributed by atoms with Crippen LogP contribution in [0.3, 0.4) is 0 Å². The Hall–Kier alpha value is -2.73. The van der Waals surface area contributed by atoms with Gasteiger partial charge in [-0.2, -0.15) is 0 Å². The summed E-state index contributed by atoms with van der Waals surface area (Å²) in [4.78, 5) is 28.8. The van der Waals surface area contributed by atoms with Gasteiger partial charge in [0.15, 0.2) is 0 Å². The van der Waals surface area contributed by atoms with Crippen molar-refractivity contribution >= 4 is 11.9 Å². The second-order valence-electron chi connectivity index (χ2n) is 6.46. The summed E-state index contributed by atoms with van der Waals surface area (Å²) in [5, 5.41) is 12.2. The van der Waals surface area contributed by atoms with Crippen molar-refractivity contribution in [2.75, 3.05) is 13.2 Å². The molecule has 1 saturated heterocycles. The maximum Gasteiger partial charge on any atom is 0.326 e. The Labute approximate surface area is 152 Å². The molecule has 2 aromatic rings. The Bertz CT molecular complexity index is 786. The van der Waals surface area contributed by atoms with E-state index in [1.54, 1.807) is 18.3 Å². The van der Waals surface area contributed by atoms with Crippen LogP contribution < -0.4 is 5.32 Å². The van der Waals surface area contributed by atoms with Crippen LogP contribution in [0.2, 0.25) is 0 Å². The van der Waals surface area contributed by atoms with Crippen molar-refractivity contribution in [2.24, 2.45) is 5.92 Å². The highest BCUT2D eigenvalue weighted by atomic mass is 16.5. The molecule has 136 valence electrons. The van der Waals surface area contributed by atoms with Gasteiger partial charge in [-0.25, -0.2) is 4.79 Å². The molecular formula is C20H22N2O4. The maximum atomic E-state index is 12.8. The third kappa shape index (κ3) is 3.91. The topological polar surface area (TPSA) is 88.5 Å². The molecule has 2 N–H and O–H groups in total. The largest absolute Gasteiger partial charge is 0.480 e. The van der Waals surface area contributed by atoms with Crippen molar-refractivity contribution in [1.29, 1.82) is 0 Å². The van der Waals surface area contributed by atoms with Crippen molar-refractivity contribution < 1.29 is 19.4 Å². The molecule has 1 aromatic carbocycles. The van der Waals surface area contributed by atoms with Crippen LogP contribution in [0.1, 0.15) is 28.8 Å². The molecule has 0 radical (unpaired) electrons. The predicted octanol–water partition coefficient (Wildman–Crippen LogP) is 2.67. The summed E-state index contributed by atoms with van der Waals surface area (Å²) in [7, 11) is 0. The minimum Gasteiger partial charge on any atom is -0.480 e. The molecule has 3 rings (SSSR count).